The first-order valence-electron chi connectivity index (χ1n) is 7.58. The van der Waals surface area contributed by atoms with Crippen molar-refractivity contribution >= 4 is 33.8 Å². The van der Waals surface area contributed by atoms with Crippen LogP contribution in [-0.4, -0.2) is 15.8 Å². The summed E-state index contributed by atoms with van der Waals surface area (Å²) in [6, 6.07) is 7.11. The number of rotatable bonds is 5. The van der Waals surface area contributed by atoms with E-state index in [2.05, 4.69) is 10.3 Å². The molecule has 7 nitrogen and oxygen atoms in total. The van der Waals surface area contributed by atoms with Crippen LogP contribution in [0.1, 0.15) is 29.8 Å². The number of hydrogen-bond donors (Lipinski definition) is 1. The largest absolute Gasteiger partial charge is 0.871 e. The Balaban J connectivity index is 2.25. The summed E-state index contributed by atoms with van der Waals surface area (Å²) >= 11 is 1.36. The van der Waals surface area contributed by atoms with Crippen molar-refractivity contribution < 1.29 is 14.8 Å². The number of nitro benzene ring substituents is 1. The Kier molecular flexibility index (Phi) is 4.62. The number of carbonyl (C=O) groups is 1. The Morgan fingerprint density at radius 3 is 2.84 bits per heavy atom. The van der Waals surface area contributed by atoms with Crippen LogP contribution in [0.25, 0.3) is 10.9 Å². The molecule has 3 rings (SSSR count). The van der Waals surface area contributed by atoms with Crippen LogP contribution in [0.15, 0.2) is 41.9 Å². The maximum atomic E-state index is 12.9. The summed E-state index contributed by atoms with van der Waals surface area (Å²) in [5.41, 5.74) is -0.0360. The van der Waals surface area contributed by atoms with Gasteiger partial charge >= 0.3 is 0 Å². The number of thiophene rings is 1. The number of nitrogens with zero attached hydrogens (tertiary/aromatic N) is 2. The van der Waals surface area contributed by atoms with Crippen molar-refractivity contribution in [3.8, 4) is 5.75 Å². The van der Waals surface area contributed by atoms with Gasteiger partial charge < -0.3 is 10.4 Å². The normalized spacial score (nSPS) is 12.0. The van der Waals surface area contributed by atoms with Crippen LogP contribution in [0.4, 0.5) is 5.69 Å². The summed E-state index contributed by atoms with van der Waals surface area (Å²) in [4.78, 5) is 27.6. The van der Waals surface area contributed by atoms with Gasteiger partial charge in [-0.25, -0.2) is 0 Å². The van der Waals surface area contributed by atoms with E-state index in [-0.39, 0.29) is 34.5 Å². The average molecular weight is 356 g/mol. The number of non-ortho nitro benzene ring substituents is 1. The van der Waals surface area contributed by atoms with E-state index in [1.165, 1.54) is 29.7 Å². The molecule has 0 bridgehead atoms. The summed E-state index contributed by atoms with van der Waals surface area (Å²) in [5.74, 6) is -0.669. The number of hydrogen-bond acceptors (Lipinski definition) is 6. The van der Waals surface area contributed by atoms with Crippen molar-refractivity contribution in [2.75, 3.05) is 0 Å². The van der Waals surface area contributed by atoms with Crippen LogP contribution >= 0.6 is 11.3 Å². The van der Waals surface area contributed by atoms with Gasteiger partial charge in [-0.3, -0.25) is 19.9 Å². The zero-order valence-electron chi connectivity index (χ0n) is 13.3. The third-order valence-electron chi connectivity index (χ3n) is 3.81. The predicted molar refractivity (Wildman–Crippen MR) is 92.4 cm³/mol. The van der Waals surface area contributed by atoms with Gasteiger partial charge in [-0.05, 0) is 29.1 Å². The summed E-state index contributed by atoms with van der Waals surface area (Å²) in [7, 11) is 0. The minimum atomic E-state index is -0.745. The molecule has 0 saturated carbocycles. The van der Waals surface area contributed by atoms with Gasteiger partial charge in [-0.15, -0.1) is 11.3 Å². The van der Waals surface area contributed by atoms with E-state index in [1.54, 1.807) is 25.1 Å². The van der Waals surface area contributed by atoms with Gasteiger partial charge in [-0.1, -0.05) is 18.7 Å². The lowest BCUT2D eigenvalue weighted by molar-refractivity contribution is -0.383. The van der Waals surface area contributed by atoms with E-state index in [4.69, 9.17) is 0 Å². The lowest BCUT2D eigenvalue weighted by atomic mass is 9.99. The molecular weight excluding hydrogens is 342 g/mol. The van der Waals surface area contributed by atoms with Gasteiger partial charge in [0.25, 0.3) is 5.69 Å². The zero-order valence-corrected chi connectivity index (χ0v) is 14.1. The number of aromatic nitrogens is 1. The maximum Gasteiger partial charge on any atom is 0.279 e. The highest BCUT2D eigenvalue weighted by atomic mass is 32.1. The molecule has 3 aromatic rings. The highest BCUT2D eigenvalue weighted by Gasteiger charge is 2.23. The van der Waals surface area contributed by atoms with Crippen LogP contribution in [0.3, 0.4) is 0 Å². The molecule has 1 atom stereocenters. The number of pyridine rings is 1. The van der Waals surface area contributed by atoms with E-state index in [0.29, 0.717) is 0 Å². The topological polar surface area (TPSA) is 108 Å². The van der Waals surface area contributed by atoms with Gasteiger partial charge in [0, 0.05) is 23.6 Å². The minimum absolute atomic E-state index is 0.0269. The Bertz CT molecular complexity index is 940. The molecule has 0 aliphatic carbocycles. The van der Waals surface area contributed by atoms with Crippen LogP contribution in [0, 0.1) is 10.1 Å². The summed E-state index contributed by atoms with van der Waals surface area (Å²) in [6.45, 7) is 1.70. The molecule has 0 fully saturated rings. The molecule has 128 valence electrons. The number of carbonyl (C=O) groups excluding carboxylic acids is 1. The SMILES string of the molecule is CCC(=O)N[C@H](c1cccs1)c1cc([N+](=O)[O-])c2cccnc2c1[O-]. The molecule has 0 radical (unpaired) electrons. The smallest absolute Gasteiger partial charge is 0.279 e. The first-order chi connectivity index (χ1) is 12.0. The predicted octanol–water partition coefficient (Wildman–Crippen LogP) is 2.89. The molecular formula is C17H14N3O4S-. The van der Waals surface area contributed by atoms with Gasteiger partial charge in [0.15, 0.2) is 0 Å². The molecule has 1 N–H and O–H groups in total. The second-order valence-electron chi connectivity index (χ2n) is 5.34. The number of amides is 1. The van der Waals surface area contributed by atoms with Gasteiger partial charge in [0.05, 0.1) is 21.9 Å². The Morgan fingerprint density at radius 1 is 1.40 bits per heavy atom. The molecule has 8 heteroatoms. The molecule has 0 spiro atoms. The van der Waals surface area contributed by atoms with Crippen molar-refractivity contribution in [2.45, 2.75) is 19.4 Å². The van der Waals surface area contributed by atoms with Crippen molar-refractivity contribution in [1.29, 1.82) is 0 Å². The Labute approximate surface area is 147 Å². The number of nitro groups is 1. The van der Waals surface area contributed by atoms with Crippen LogP contribution in [0.2, 0.25) is 0 Å². The van der Waals surface area contributed by atoms with E-state index in [1.807, 2.05) is 5.38 Å². The van der Waals surface area contributed by atoms with Crippen LogP contribution in [0.5, 0.6) is 5.75 Å². The zero-order chi connectivity index (χ0) is 18.0. The summed E-state index contributed by atoms with van der Waals surface area (Å²) in [5, 5.41) is 29.1. The first kappa shape index (κ1) is 16.8. The number of fused-ring (bicyclic) bond motifs is 1. The quantitative estimate of drug-likeness (QED) is 0.558. The lowest BCUT2D eigenvalue weighted by Gasteiger charge is -2.24. The van der Waals surface area contributed by atoms with Crippen molar-refractivity contribution in [1.82, 2.24) is 10.3 Å². The van der Waals surface area contributed by atoms with Gasteiger partial charge in [0.1, 0.15) is 0 Å². The fraction of sp³-hybridized carbons (Fsp3) is 0.176. The van der Waals surface area contributed by atoms with Crippen molar-refractivity contribution in [3.63, 3.8) is 0 Å². The fourth-order valence-electron chi connectivity index (χ4n) is 2.61. The molecule has 0 aliphatic heterocycles. The van der Waals surface area contributed by atoms with Crippen molar-refractivity contribution in [2.24, 2.45) is 0 Å². The summed E-state index contributed by atoms with van der Waals surface area (Å²) in [6.07, 6.45) is 1.66. The third-order valence-corrected chi connectivity index (χ3v) is 4.75. The first-order valence-corrected chi connectivity index (χ1v) is 8.46. The molecule has 2 aromatic heterocycles. The summed E-state index contributed by atoms with van der Waals surface area (Å²) < 4.78 is 0. The van der Waals surface area contributed by atoms with E-state index in [0.717, 1.165) is 4.88 Å². The van der Waals surface area contributed by atoms with Crippen LogP contribution < -0.4 is 10.4 Å². The van der Waals surface area contributed by atoms with E-state index >= 15 is 0 Å². The molecule has 0 aliphatic rings. The Morgan fingerprint density at radius 2 is 2.20 bits per heavy atom. The fourth-order valence-corrected chi connectivity index (χ4v) is 3.40. The number of nitrogens with one attached hydrogen (secondary N) is 1. The van der Waals surface area contributed by atoms with Crippen LogP contribution in [-0.2, 0) is 4.79 Å². The molecule has 1 aromatic carbocycles. The monoisotopic (exact) mass is 356 g/mol. The molecule has 2 heterocycles. The van der Waals surface area contributed by atoms with Gasteiger partial charge in [0.2, 0.25) is 5.91 Å². The second-order valence-corrected chi connectivity index (χ2v) is 6.32. The second kappa shape index (κ2) is 6.86. The number of benzene rings is 1. The molecule has 25 heavy (non-hydrogen) atoms. The maximum absolute atomic E-state index is 12.9. The standard InChI is InChI=1S/C17H15N3O4S/c1-2-14(21)19-15(13-6-4-8-25-13)11-9-12(20(23)24)10-5-3-7-18-16(10)17(11)22/h3-9,15,22H,2H2,1H3,(H,19,21)/p-1/t15-/m0/s1. The molecule has 1 amide bonds. The molecule has 0 saturated heterocycles. The van der Waals surface area contributed by atoms with Gasteiger partial charge in [-0.2, -0.15) is 0 Å². The Hall–Kier alpha value is -3.00. The average Bonchev–Trinajstić information content (AvgIpc) is 3.14. The lowest BCUT2D eigenvalue weighted by Crippen LogP contribution is -2.28. The highest BCUT2D eigenvalue weighted by Crippen LogP contribution is 2.38. The minimum Gasteiger partial charge on any atom is -0.871 e. The van der Waals surface area contributed by atoms with Crippen molar-refractivity contribution in [3.05, 3.63) is 62.5 Å². The molecule has 0 unspecified atom stereocenters. The highest BCUT2D eigenvalue weighted by molar-refractivity contribution is 7.10. The van der Waals surface area contributed by atoms with E-state index in [9.17, 15) is 20.0 Å². The third kappa shape index (κ3) is 3.16. The van der Waals surface area contributed by atoms with E-state index < -0.39 is 16.7 Å².